The topological polar surface area (TPSA) is 46.3 Å². The number of aliphatic hydroxyl groups is 1. The van der Waals surface area contributed by atoms with Gasteiger partial charge in [0.2, 0.25) is 0 Å². The number of aromatic nitrogens is 1. The third-order valence-corrected chi connectivity index (χ3v) is 2.45. The minimum Gasteiger partial charge on any atom is -0.449 e. The van der Waals surface area contributed by atoms with Crippen LogP contribution in [-0.4, -0.2) is 10.1 Å². The highest BCUT2D eigenvalue weighted by molar-refractivity contribution is 5.30. The lowest BCUT2D eigenvalue weighted by atomic mass is 10.0. The van der Waals surface area contributed by atoms with Crippen LogP contribution in [0, 0.1) is 6.92 Å². The minimum atomic E-state index is -4.44. The van der Waals surface area contributed by atoms with Gasteiger partial charge in [0.1, 0.15) is 18.1 Å². The number of nitrogens with zero attached hydrogens (tertiary/aromatic N) is 1. The van der Waals surface area contributed by atoms with Crippen molar-refractivity contribution in [3.8, 4) is 0 Å². The third kappa shape index (κ3) is 2.53. The minimum absolute atomic E-state index is 0.123. The first kappa shape index (κ1) is 12.6. The Morgan fingerprint density at radius 3 is 2.61 bits per heavy atom. The molecule has 0 bridgehead atoms. The zero-order valence-electron chi connectivity index (χ0n) is 9.40. The molecule has 1 unspecified atom stereocenters. The number of benzene rings is 1. The number of aryl methyl sites for hydroxylation is 1. The zero-order chi connectivity index (χ0) is 13.3. The smallest absolute Gasteiger partial charge is 0.416 e. The van der Waals surface area contributed by atoms with Crippen LogP contribution in [0.25, 0.3) is 0 Å². The van der Waals surface area contributed by atoms with Crippen molar-refractivity contribution in [3.05, 3.63) is 53.2 Å². The van der Waals surface area contributed by atoms with E-state index >= 15 is 0 Å². The standard InChI is InChI=1S/C12H10F3NO2/c1-7-16-10(6-18-7)11(17)8-3-2-4-9(5-8)12(13,14)15/h2-6,11,17H,1H3. The Labute approximate surface area is 101 Å². The van der Waals surface area contributed by atoms with Crippen LogP contribution >= 0.6 is 0 Å². The molecule has 96 valence electrons. The molecule has 2 aromatic rings. The SMILES string of the molecule is Cc1nc(C(O)c2cccc(C(F)(F)F)c2)co1. The highest BCUT2D eigenvalue weighted by Crippen LogP contribution is 2.31. The molecule has 2 rings (SSSR count). The van der Waals surface area contributed by atoms with Crippen molar-refractivity contribution in [1.29, 1.82) is 0 Å². The second kappa shape index (κ2) is 4.45. The van der Waals surface area contributed by atoms with E-state index in [1.54, 1.807) is 6.92 Å². The first-order valence-electron chi connectivity index (χ1n) is 5.15. The molecule has 0 saturated heterocycles. The summed E-state index contributed by atoms with van der Waals surface area (Å²) in [6.07, 6.45) is -4.44. The van der Waals surface area contributed by atoms with Crippen molar-refractivity contribution in [2.75, 3.05) is 0 Å². The Morgan fingerprint density at radius 2 is 2.06 bits per heavy atom. The summed E-state index contributed by atoms with van der Waals surface area (Å²) in [6, 6.07) is 4.50. The van der Waals surface area contributed by atoms with Gasteiger partial charge in [0.25, 0.3) is 0 Å². The number of aliphatic hydroxyl groups excluding tert-OH is 1. The Hall–Kier alpha value is -1.82. The number of rotatable bonds is 2. The summed E-state index contributed by atoms with van der Waals surface area (Å²) in [5.41, 5.74) is -0.496. The quantitative estimate of drug-likeness (QED) is 0.899. The summed E-state index contributed by atoms with van der Waals surface area (Å²) in [7, 11) is 0. The van der Waals surface area contributed by atoms with E-state index in [0.717, 1.165) is 12.1 Å². The molecule has 0 fully saturated rings. The van der Waals surface area contributed by atoms with E-state index in [1.807, 2.05) is 0 Å². The summed E-state index contributed by atoms with van der Waals surface area (Å²) < 4.78 is 42.5. The molecule has 1 N–H and O–H groups in total. The van der Waals surface area contributed by atoms with E-state index in [-0.39, 0.29) is 11.3 Å². The van der Waals surface area contributed by atoms with Gasteiger partial charge in [-0.05, 0) is 17.7 Å². The lowest BCUT2D eigenvalue weighted by Crippen LogP contribution is -2.07. The van der Waals surface area contributed by atoms with Crippen molar-refractivity contribution in [1.82, 2.24) is 4.98 Å². The average molecular weight is 257 g/mol. The van der Waals surface area contributed by atoms with Crippen LogP contribution in [-0.2, 0) is 6.18 Å². The highest BCUT2D eigenvalue weighted by atomic mass is 19.4. The zero-order valence-corrected chi connectivity index (χ0v) is 9.40. The molecule has 0 radical (unpaired) electrons. The van der Waals surface area contributed by atoms with E-state index in [0.29, 0.717) is 5.89 Å². The first-order valence-corrected chi connectivity index (χ1v) is 5.15. The normalized spacial score (nSPS) is 13.6. The van der Waals surface area contributed by atoms with Gasteiger partial charge in [-0.1, -0.05) is 12.1 Å². The van der Waals surface area contributed by atoms with Crippen molar-refractivity contribution >= 4 is 0 Å². The number of hydrogen-bond donors (Lipinski definition) is 1. The molecule has 18 heavy (non-hydrogen) atoms. The second-order valence-corrected chi connectivity index (χ2v) is 3.82. The number of hydrogen-bond acceptors (Lipinski definition) is 3. The maximum absolute atomic E-state index is 12.5. The molecular weight excluding hydrogens is 247 g/mol. The Bertz CT molecular complexity index is 548. The van der Waals surface area contributed by atoms with Crippen molar-refractivity contribution in [3.63, 3.8) is 0 Å². The van der Waals surface area contributed by atoms with Gasteiger partial charge in [0.05, 0.1) is 5.56 Å². The molecule has 1 heterocycles. The molecule has 1 aromatic heterocycles. The largest absolute Gasteiger partial charge is 0.449 e. The molecule has 0 saturated carbocycles. The number of halogens is 3. The van der Waals surface area contributed by atoms with E-state index in [1.165, 1.54) is 18.4 Å². The molecular formula is C12H10F3NO2. The third-order valence-electron chi connectivity index (χ3n) is 2.45. The number of oxazole rings is 1. The molecule has 0 aliphatic rings. The predicted molar refractivity (Wildman–Crippen MR) is 56.7 cm³/mol. The van der Waals surface area contributed by atoms with Crippen LogP contribution in [0.4, 0.5) is 13.2 Å². The Balaban J connectivity index is 2.34. The maximum Gasteiger partial charge on any atom is 0.416 e. The number of alkyl halides is 3. The van der Waals surface area contributed by atoms with Crippen LogP contribution in [0.5, 0.6) is 0 Å². The van der Waals surface area contributed by atoms with E-state index in [9.17, 15) is 18.3 Å². The van der Waals surface area contributed by atoms with Crippen LogP contribution < -0.4 is 0 Å². The van der Waals surface area contributed by atoms with Gasteiger partial charge in [-0.3, -0.25) is 0 Å². The van der Waals surface area contributed by atoms with Crippen LogP contribution in [0.1, 0.15) is 28.8 Å². The van der Waals surface area contributed by atoms with Gasteiger partial charge in [-0.25, -0.2) is 4.98 Å². The predicted octanol–water partition coefficient (Wildman–Crippen LogP) is 3.08. The molecule has 1 aromatic carbocycles. The Kier molecular flexibility index (Phi) is 3.13. The summed E-state index contributed by atoms with van der Waals surface area (Å²) in [4.78, 5) is 3.88. The Morgan fingerprint density at radius 1 is 1.33 bits per heavy atom. The molecule has 3 nitrogen and oxygen atoms in total. The van der Waals surface area contributed by atoms with E-state index in [2.05, 4.69) is 4.98 Å². The van der Waals surface area contributed by atoms with Gasteiger partial charge < -0.3 is 9.52 Å². The molecule has 6 heteroatoms. The first-order chi connectivity index (χ1) is 8.38. The summed E-state index contributed by atoms with van der Waals surface area (Å²) in [6.45, 7) is 1.59. The van der Waals surface area contributed by atoms with Crippen molar-refractivity contribution in [2.24, 2.45) is 0 Å². The van der Waals surface area contributed by atoms with Crippen LogP contribution in [0.2, 0.25) is 0 Å². The summed E-state index contributed by atoms with van der Waals surface area (Å²) in [5.74, 6) is 0.344. The lowest BCUT2D eigenvalue weighted by Gasteiger charge is -2.11. The molecule has 0 aliphatic carbocycles. The summed E-state index contributed by atoms with van der Waals surface area (Å²) >= 11 is 0. The molecule has 0 amide bonds. The van der Waals surface area contributed by atoms with Gasteiger partial charge in [-0.2, -0.15) is 13.2 Å². The molecule has 0 aliphatic heterocycles. The molecule has 0 spiro atoms. The van der Waals surface area contributed by atoms with Gasteiger partial charge in [-0.15, -0.1) is 0 Å². The van der Waals surface area contributed by atoms with Crippen molar-refractivity contribution < 1.29 is 22.7 Å². The highest BCUT2D eigenvalue weighted by Gasteiger charge is 2.31. The van der Waals surface area contributed by atoms with Crippen LogP contribution in [0.3, 0.4) is 0 Å². The van der Waals surface area contributed by atoms with E-state index in [4.69, 9.17) is 4.42 Å². The van der Waals surface area contributed by atoms with Crippen LogP contribution in [0.15, 0.2) is 34.9 Å². The monoisotopic (exact) mass is 257 g/mol. The van der Waals surface area contributed by atoms with Gasteiger partial charge in [0, 0.05) is 6.92 Å². The summed E-state index contributed by atoms with van der Waals surface area (Å²) in [5, 5.41) is 9.91. The lowest BCUT2D eigenvalue weighted by molar-refractivity contribution is -0.137. The van der Waals surface area contributed by atoms with Gasteiger partial charge >= 0.3 is 6.18 Å². The second-order valence-electron chi connectivity index (χ2n) is 3.82. The van der Waals surface area contributed by atoms with Crippen molar-refractivity contribution in [2.45, 2.75) is 19.2 Å². The molecule has 1 atom stereocenters. The van der Waals surface area contributed by atoms with E-state index < -0.39 is 17.8 Å². The fourth-order valence-electron chi connectivity index (χ4n) is 1.56. The van der Waals surface area contributed by atoms with Gasteiger partial charge in [0.15, 0.2) is 5.89 Å². The average Bonchev–Trinajstić information content (AvgIpc) is 2.74. The fourth-order valence-corrected chi connectivity index (χ4v) is 1.56. The fraction of sp³-hybridized carbons (Fsp3) is 0.250. The maximum atomic E-state index is 12.5.